The first-order valence-corrected chi connectivity index (χ1v) is 10.6. The number of benzene rings is 2. The van der Waals surface area contributed by atoms with Crippen molar-refractivity contribution < 1.29 is 0 Å². The van der Waals surface area contributed by atoms with Gasteiger partial charge in [0.2, 0.25) is 0 Å². The molecule has 0 spiro atoms. The average Bonchev–Trinajstić information content (AvgIpc) is 2.93. The molecule has 0 bridgehead atoms. The third kappa shape index (κ3) is 4.02. The van der Waals surface area contributed by atoms with Gasteiger partial charge >= 0.3 is 0 Å². The van der Waals surface area contributed by atoms with Crippen LogP contribution in [0.3, 0.4) is 0 Å². The lowest BCUT2D eigenvalue weighted by molar-refractivity contribution is 0.402. The molecule has 7 nitrogen and oxygen atoms in total. The van der Waals surface area contributed by atoms with Gasteiger partial charge in [0, 0.05) is 60.1 Å². The van der Waals surface area contributed by atoms with E-state index in [0.717, 1.165) is 51.0 Å². The van der Waals surface area contributed by atoms with Crippen molar-refractivity contribution in [2.45, 2.75) is 19.4 Å². The van der Waals surface area contributed by atoms with E-state index in [9.17, 15) is 0 Å². The second kappa shape index (κ2) is 9.11. The number of fused-ring (bicyclic) bond motifs is 2. The molecule has 0 amide bonds. The lowest BCUT2D eigenvalue weighted by Crippen LogP contribution is -2.31. The summed E-state index contributed by atoms with van der Waals surface area (Å²) in [6, 6.07) is 16.3. The summed E-state index contributed by atoms with van der Waals surface area (Å²) in [7, 11) is 1.83. The van der Waals surface area contributed by atoms with Crippen LogP contribution in [0.15, 0.2) is 66.6 Å². The topological polar surface area (TPSA) is 116 Å². The van der Waals surface area contributed by atoms with Crippen LogP contribution in [0.4, 0.5) is 5.69 Å². The Morgan fingerprint density at radius 1 is 1.22 bits per heavy atom. The van der Waals surface area contributed by atoms with Gasteiger partial charge in [0.1, 0.15) is 0 Å². The fourth-order valence-corrected chi connectivity index (χ4v) is 4.31. The van der Waals surface area contributed by atoms with Gasteiger partial charge in [0.05, 0.1) is 17.3 Å². The molecule has 7 heteroatoms. The number of nitrogens with zero attached hydrogens (tertiary/aromatic N) is 2. The van der Waals surface area contributed by atoms with Gasteiger partial charge in [0.25, 0.3) is 0 Å². The molecule has 0 radical (unpaired) electrons. The first kappa shape index (κ1) is 21.4. The highest BCUT2D eigenvalue weighted by Crippen LogP contribution is 2.37. The highest BCUT2D eigenvalue weighted by atomic mass is 15.4. The number of aromatic nitrogens is 1. The first-order chi connectivity index (χ1) is 15.5. The smallest absolute Gasteiger partial charge is 0.0777 e. The SMILES string of the molecule is CN/C=C(\C=N)c1ccc2c(c1)C(Nc1cccc3ncccc13)CCN(N)/C2=C(/C)N. The minimum atomic E-state index is 0.000209. The second-order valence-corrected chi connectivity index (χ2v) is 7.92. The monoisotopic (exact) mass is 427 g/mol. The summed E-state index contributed by atoms with van der Waals surface area (Å²) < 4.78 is 0. The standard InChI is InChI=1S/C25H29N7/c1-16(27)25-19-9-8-17(18(14-26)15-29-2)13-21(19)24(10-12-32(25)28)31-23-7-3-6-22-20(23)5-4-11-30-22/h3-9,11,13-15,24,26,29,31H,10,12,27-28H2,1-2H3/b18-15+,25-16-,26-14?. The van der Waals surface area contributed by atoms with Crippen LogP contribution in [0, 0.1) is 5.41 Å². The molecule has 164 valence electrons. The molecular formula is C25H29N7. The van der Waals surface area contributed by atoms with Gasteiger partial charge in [-0.25, -0.2) is 5.84 Å². The van der Waals surface area contributed by atoms with Crippen LogP contribution in [0.1, 0.15) is 36.1 Å². The number of allylic oxidation sites excluding steroid dienone is 2. The number of anilines is 1. The molecule has 0 saturated carbocycles. The first-order valence-electron chi connectivity index (χ1n) is 10.6. The summed E-state index contributed by atoms with van der Waals surface area (Å²) in [5, 5.41) is 17.4. The minimum Gasteiger partial charge on any atom is -0.401 e. The van der Waals surface area contributed by atoms with E-state index in [1.165, 1.54) is 6.21 Å². The van der Waals surface area contributed by atoms with Gasteiger partial charge in [-0.15, -0.1) is 0 Å². The van der Waals surface area contributed by atoms with E-state index in [2.05, 4.69) is 33.8 Å². The Morgan fingerprint density at radius 2 is 2.06 bits per heavy atom. The number of rotatable bonds is 5. The highest BCUT2D eigenvalue weighted by molar-refractivity contribution is 6.08. The Balaban J connectivity index is 1.86. The molecule has 1 unspecified atom stereocenters. The van der Waals surface area contributed by atoms with Crippen molar-refractivity contribution in [1.29, 1.82) is 5.41 Å². The quantitative estimate of drug-likeness (QED) is 0.312. The molecule has 0 saturated heterocycles. The number of pyridine rings is 1. The molecule has 0 aliphatic carbocycles. The molecule has 1 aliphatic rings. The maximum absolute atomic E-state index is 7.83. The van der Waals surface area contributed by atoms with Crippen LogP contribution in [-0.4, -0.2) is 29.8 Å². The van der Waals surface area contributed by atoms with Crippen molar-refractivity contribution in [1.82, 2.24) is 15.3 Å². The largest absolute Gasteiger partial charge is 0.401 e. The zero-order valence-corrected chi connectivity index (χ0v) is 18.4. The molecule has 1 aliphatic heterocycles. The normalized spacial score (nSPS) is 18.0. The molecule has 4 rings (SSSR count). The number of hydrogen-bond donors (Lipinski definition) is 5. The molecule has 3 aromatic rings. The Kier molecular flexibility index (Phi) is 6.09. The van der Waals surface area contributed by atoms with Crippen LogP contribution < -0.4 is 22.2 Å². The van der Waals surface area contributed by atoms with E-state index in [4.69, 9.17) is 17.0 Å². The molecule has 0 fully saturated rings. The number of nitrogens with one attached hydrogen (secondary N) is 3. The molecule has 32 heavy (non-hydrogen) atoms. The van der Waals surface area contributed by atoms with E-state index < -0.39 is 0 Å². The van der Waals surface area contributed by atoms with Gasteiger partial charge in [-0.05, 0) is 54.8 Å². The Morgan fingerprint density at radius 3 is 2.81 bits per heavy atom. The third-order valence-corrected chi connectivity index (χ3v) is 5.77. The van der Waals surface area contributed by atoms with Gasteiger partial charge in [-0.3, -0.25) is 4.98 Å². The van der Waals surface area contributed by atoms with Crippen LogP contribution in [0.25, 0.3) is 22.2 Å². The van der Waals surface area contributed by atoms with Crippen molar-refractivity contribution in [2.75, 3.05) is 18.9 Å². The zero-order valence-electron chi connectivity index (χ0n) is 18.4. The fraction of sp³-hybridized carbons (Fsp3) is 0.200. The Bertz CT molecular complexity index is 1200. The molecule has 2 aromatic carbocycles. The minimum absolute atomic E-state index is 0.000209. The molecule has 1 aromatic heterocycles. The summed E-state index contributed by atoms with van der Waals surface area (Å²) in [5.41, 5.74) is 13.6. The van der Waals surface area contributed by atoms with Crippen LogP contribution >= 0.6 is 0 Å². The average molecular weight is 428 g/mol. The van der Waals surface area contributed by atoms with Crippen molar-refractivity contribution >= 4 is 34.1 Å². The third-order valence-electron chi connectivity index (χ3n) is 5.77. The zero-order chi connectivity index (χ0) is 22.7. The highest BCUT2D eigenvalue weighted by Gasteiger charge is 2.26. The van der Waals surface area contributed by atoms with Crippen molar-refractivity contribution in [3.8, 4) is 0 Å². The fourth-order valence-electron chi connectivity index (χ4n) is 4.31. The molecular weight excluding hydrogens is 398 g/mol. The summed E-state index contributed by atoms with van der Waals surface area (Å²) in [6.45, 7) is 2.53. The predicted octanol–water partition coefficient (Wildman–Crippen LogP) is 3.82. The Hall–Kier alpha value is -3.84. The van der Waals surface area contributed by atoms with Crippen LogP contribution in [0.5, 0.6) is 0 Å². The number of hydrogen-bond acceptors (Lipinski definition) is 7. The maximum Gasteiger partial charge on any atom is 0.0777 e. The van der Waals surface area contributed by atoms with E-state index in [1.54, 1.807) is 11.2 Å². The van der Waals surface area contributed by atoms with Crippen LogP contribution in [0.2, 0.25) is 0 Å². The van der Waals surface area contributed by atoms with Crippen LogP contribution in [-0.2, 0) is 0 Å². The predicted molar refractivity (Wildman–Crippen MR) is 133 cm³/mol. The summed E-state index contributed by atoms with van der Waals surface area (Å²) in [6.07, 6.45) is 5.77. The van der Waals surface area contributed by atoms with Crippen molar-refractivity contribution in [3.63, 3.8) is 0 Å². The molecule has 1 atom stereocenters. The molecule has 7 N–H and O–H groups in total. The van der Waals surface area contributed by atoms with Gasteiger partial charge in [-0.1, -0.05) is 18.2 Å². The summed E-state index contributed by atoms with van der Waals surface area (Å²) >= 11 is 0. The number of nitrogens with two attached hydrogens (primary N) is 2. The second-order valence-electron chi connectivity index (χ2n) is 7.92. The van der Waals surface area contributed by atoms with E-state index in [0.29, 0.717) is 12.2 Å². The number of hydrazine groups is 1. The van der Waals surface area contributed by atoms with E-state index in [-0.39, 0.29) is 6.04 Å². The van der Waals surface area contributed by atoms with E-state index >= 15 is 0 Å². The van der Waals surface area contributed by atoms with E-state index in [1.807, 2.05) is 50.5 Å². The van der Waals surface area contributed by atoms with Gasteiger partial charge in [-0.2, -0.15) is 0 Å². The Labute approximate surface area is 188 Å². The van der Waals surface area contributed by atoms with Crippen molar-refractivity contribution in [3.05, 3.63) is 83.3 Å². The molecule has 2 heterocycles. The maximum atomic E-state index is 7.83. The lowest BCUT2D eigenvalue weighted by atomic mass is 9.92. The summed E-state index contributed by atoms with van der Waals surface area (Å²) in [5.74, 6) is 6.41. The van der Waals surface area contributed by atoms with Gasteiger partial charge in [0.15, 0.2) is 0 Å². The lowest BCUT2D eigenvalue weighted by Gasteiger charge is -2.23. The van der Waals surface area contributed by atoms with Gasteiger partial charge < -0.3 is 26.8 Å². The summed E-state index contributed by atoms with van der Waals surface area (Å²) in [4.78, 5) is 4.48. The van der Waals surface area contributed by atoms with Crippen molar-refractivity contribution in [2.24, 2.45) is 11.6 Å².